The van der Waals surface area contributed by atoms with E-state index in [0.717, 1.165) is 6.29 Å². The molecule has 2 rings (SSSR count). The molecule has 0 fully saturated rings. The molecule has 0 aliphatic rings. The number of fused-ring (bicyclic) bond motifs is 1. The third-order valence-corrected chi connectivity index (χ3v) is 1.95. The number of hydrogen-bond acceptors (Lipinski definition) is 2. The van der Waals surface area contributed by atoms with Gasteiger partial charge < -0.3 is 0 Å². The van der Waals surface area contributed by atoms with Crippen LogP contribution < -0.4 is 0 Å². The molecule has 4 heteroatoms. The van der Waals surface area contributed by atoms with Crippen molar-refractivity contribution in [3.05, 3.63) is 35.1 Å². The molecule has 0 N–H and O–H groups in total. The van der Waals surface area contributed by atoms with E-state index in [2.05, 4.69) is 5.10 Å². The lowest BCUT2D eigenvalue weighted by Crippen LogP contribution is -1.86. The van der Waals surface area contributed by atoms with Gasteiger partial charge in [0.15, 0.2) is 6.29 Å². The first-order valence-electron chi connectivity index (χ1n) is 3.40. The van der Waals surface area contributed by atoms with Crippen LogP contribution in [0, 0.1) is 0 Å². The highest BCUT2D eigenvalue weighted by Gasteiger charge is 2.05. The summed E-state index contributed by atoms with van der Waals surface area (Å²) in [4.78, 5) is 10.5. The smallest absolute Gasteiger partial charge is 0.153 e. The summed E-state index contributed by atoms with van der Waals surface area (Å²) in [6.45, 7) is 0. The molecule has 2 heterocycles. The minimum absolute atomic E-state index is 0.514. The lowest BCUT2D eigenvalue weighted by Gasteiger charge is -1.94. The maximum Gasteiger partial charge on any atom is 0.153 e. The van der Waals surface area contributed by atoms with Gasteiger partial charge in [0, 0.05) is 6.20 Å². The highest BCUT2D eigenvalue weighted by molar-refractivity contribution is 6.34. The first-order chi connectivity index (χ1) is 5.83. The van der Waals surface area contributed by atoms with Gasteiger partial charge in [-0.2, -0.15) is 5.10 Å². The van der Waals surface area contributed by atoms with Gasteiger partial charge in [-0.3, -0.25) is 4.79 Å². The van der Waals surface area contributed by atoms with Gasteiger partial charge in [0.2, 0.25) is 0 Å². The highest BCUT2D eigenvalue weighted by Crippen LogP contribution is 2.18. The summed E-state index contributed by atoms with van der Waals surface area (Å²) in [6, 6.07) is 3.50. The maximum atomic E-state index is 10.5. The number of rotatable bonds is 1. The van der Waals surface area contributed by atoms with E-state index in [1.54, 1.807) is 22.8 Å². The van der Waals surface area contributed by atoms with E-state index in [4.69, 9.17) is 11.6 Å². The fraction of sp³-hybridized carbons (Fsp3) is 0. The minimum Gasteiger partial charge on any atom is -0.298 e. The number of pyridine rings is 1. The first kappa shape index (κ1) is 7.31. The van der Waals surface area contributed by atoms with Crippen molar-refractivity contribution in [1.82, 2.24) is 9.61 Å². The van der Waals surface area contributed by atoms with Crippen LogP contribution in [0.5, 0.6) is 0 Å². The standard InChI is InChI=1S/C8H5ClN2O/c9-7-2-1-3-11-8(7)6(5-12)4-10-11/h1-5H. The molecule has 0 aliphatic heterocycles. The Morgan fingerprint density at radius 2 is 2.42 bits per heavy atom. The number of aldehydes is 1. The Kier molecular flexibility index (Phi) is 1.59. The van der Waals surface area contributed by atoms with Gasteiger partial charge in [0.25, 0.3) is 0 Å². The van der Waals surface area contributed by atoms with Crippen LogP contribution in [0.15, 0.2) is 24.5 Å². The fourth-order valence-corrected chi connectivity index (χ4v) is 1.38. The molecule has 0 amide bonds. The van der Waals surface area contributed by atoms with E-state index < -0.39 is 0 Å². The molecule has 0 unspecified atom stereocenters. The average molecular weight is 181 g/mol. The quantitative estimate of drug-likeness (QED) is 0.628. The van der Waals surface area contributed by atoms with E-state index in [-0.39, 0.29) is 0 Å². The number of carbonyl (C=O) groups is 1. The Hall–Kier alpha value is -1.35. The highest BCUT2D eigenvalue weighted by atomic mass is 35.5. The van der Waals surface area contributed by atoms with E-state index in [0.29, 0.717) is 16.1 Å². The van der Waals surface area contributed by atoms with Crippen LogP contribution in [-0.4, -0.2) is 15.9 Å². The summed E-state index contributed by atoms with van der Waals surface area (Å²) in [7, 11) is 0. The van der Waals surface area contributed by atoms with Gasteiger partial charge in [-0.15, -0.1) is 0 Å². The average Bonchev–Trinajstić information content (AvgIpc) is 2.49. The van der Waals surface area contributed by atoms with Gasteiger partial charge in [0.1, 0.15) is 0 Å². The molecule has 0 radical (unpaired) electrons. The number of nitrogens with zero attached hydrogens (tertiary/aromatic N) is 2. The summed E-state index contributed by atoms with van der Waals surface area (Å²) in [5.41, 5.74) is 1.18. The van der Waals surface area contributed by atoms with Gasteiger partial charge >= 0.3 is 0 Å². The summed E-state index contributed by atoms with van der Waals surface area (Å²) in [5.74, 6) is 0. The van der Waals surface area contributed by atoms with Crippen molar-refractivity contribution in [2.75, 3.05) is 0 Å². The van der Waals surface area contributed by atoms with Crippen LogP contribution in [0.2, 0.25) is 5.02 Å². The molecule has 0 aliphatic carbocycles. The topological polar surface area (TPSA) is 34.4 Å². The van der Waals surface area contributed by atoms with Crippen LogP contribution in [0.4, 0.5) is 0 Å². The Morgan fingerprint density at radius 3 is 3.17 bits per heavy atom. The SMILES string of the molecule is O=Cc1cnn2cccc(Cl)c12. The third kappa shape index (κ3) is 0.905. The van der Waals surface area contributed by atoms with Crippen LogP contribution >= 0.6 is 11.6 Å². The van der Waals surface area contributed by atoms with Crippen molar-refractivity contribution in [2.45, 2.75) is 0 Å². The van der Waals surface area contributed by atoms with Gasteiger partial charge in [0.05, 0.1) is 22.3 Å². The monoisotopic (exact) mass is 180 g/mol. The van der Waals surface area contributed by atoms with E-state index in [9.17, 15) is 4.79 Å². The number of hydrogen-bond donors (Lipinski definition) is 0. The number of carbonyl (C=O) groups excluding carboxylic acids is 1. The summed E-state index contributed by atoms with van der Waals surface area (Å²) >= 11 is 5.86. The fourth-order valence-electron chi connectivity index (χ4n) is 1.11. The molecule has 2 aromatic rings. The Bertz CT molecular complexity index is 436. The van der Waals surface area contributed by atoms with E-state index in [1.165, 1.54) is 6.20 Å². The number of aromatic nitrogens is 2. The molecule has 0 spiro atoms. The first-order valence-corrected chi connectivity index (χ1v) is 3.78. The molecule has 12 heavy (non-hydrogen) atoms. The second-order valence-corrected chi connectivity index (χ2v) is 2.77. The predicted octanol–water partition coefficient (Wildman–Crippen LogP) is 1.80. The zero-order chi connectivity index (χ0) is 8.55. The zero-order valence-electron chi connectivity index (χ0n) is 6.07. The normalized spacial score (nSPS) is 10.4. The lowest BCUT2D eigenvalue weighted by molar-refractivity contribution is 0.112. The Morgan fingerprint density at radius 1 is 1.58 bits per heavy atom. The van der Waals surface area contributed by atoms with Crippen molar-refractivity contribution >= 4 is 23.4 Å². The van der Waals surface area contributed by atoms with Gasteiger partial charge in [-0.05, 0) is 12.1 Å². The van der Waals surface area contributed by atoms with Crippen molar-refractivity contribution < 1.29 is 4.79 Å². The predicted molar refractivity (Wildman–Crippen MR) is 45.6 cm³/mol. The van der Waals surface area contributed by atoms with Crippen LogP contribution in [0.25, 0.3) is 5.52 Å². The second-order valence-electron chi connectivity index (χ2n) is 2.37. The zero-order valence-corrected chi connectivity index (χ0v) is 6.82. The molecule has 0 bridgehead atoms. The molecular formula is C8H5ClN2O. The van der Waals surface area contributed by atoms with Crippen molar-refractivity contribution in [3.63, 3.8) is 0 Å². The molecule has 0 atom stereocenters. The van der Waals surface area contributed by atoms with Crippen LogP contribution in [0.3, 0.4) is 0 Å². The van der Waals surface area contributed by atoms with Gasteiger partial charge in [-0.1, -0.05) is 11.6 Å². The summed E-state index contributed by atoms with van der Waals surface area (Å²) in [6.07, 6.45) is 3.98. The molecule has 3 nitrogen and oxygen atoms in total. The molecule has 0 saturated heterocycles. The molecular weight excluding hydrogens is 176 g/mol. The van der Waals surface area contributed by atoms with Crippen LogP contribution in [-0.2, 0) is 0 Å². The number of halogens is 1. The molecule has 60 valence electrons. The van der Waals surface area contributed by atoms with Crippen molar-refractivity contribution in [2.24, 2.45) is 0 Å². The Balaban J connectivity index is 2.91. The lowest BCUT2D eigenvalue weighted by atomic mass is 10.3. The van der Waals surface area contributed by atoms with Crippen LogP contribution in [0.1, 0.15) is 10.4 Å². The van der Waals surface area contributed by atoms with Gasteiger partial charge in [-0.25, -0.2) is 4.52 Å². The van der Waals surface area contributed by atoms with Crippen molar-refractivity contribution in [3.8, 4) is 0 Å². The minimum atomic E-state index is 0.514. The van der Waals surface area contributed by atoms with Crippen molar-refractivity contribution in [1.29, 1.82) is 0 Å². The van der Waals surface area contributed by atoms with E-state index in [1.807, 2.05) is 0 Å². The molecule has 0 saturated carbocycles. The van der Waals surface area contributed by atoms with E-state index >= 15 is 0 Å². The largest absolute Gasteiger partial charge is 0.298 e. The molecule has 2 aromatic heterocycles. The molecule has 0 aromatic carbocycles. The maximum absolute atomic E-state index is 10.5. The summed E-state index contributed by atoms with van der Waals surface area (Å²) in [5, 5.41) is 4.49. The third-order valence-electron chi connectivity index (χ3n) is 1.65. The Labute approximate surface area is 73.6 Å². The summed E-state index contributed by atoms with van der Waals surface area (Å²) < 4.78 is 1.58. The second kappa shape index (κ2) is 2.60.